The number of nitrogens with zero attached hydrogens (tertiary/aromatic N) is 1. The van der Waals surface area contributed by atoms with Gasteiger partial charge in [0.2, 0.25) is 0 Å². The molecule has 88 valence electrons. The topological polar surface area (TPSA) is 49.7 Å². The molecule has 0 aromatic rings. The van der Waals surface area contributed by atoms with Crippen LogP contribution in [0.3, 0.4) is 0 Å². The fourth-order valence-corrected chi connectivity index (χ4v) is 4.43. The molecule has 0 saturated heterocycles. The standard InChI is InChI=1S/C12H17NO2S/c14-12(15)8-4-5-9-10(6-8)16-11(13-9)7-2-1-3-7/h7-10H,1-6H2,(H,14,15). The molecule has 3 aliphatic rings. The number of carboxylic acid groups (broad SMARTS) is 1. The predicted octanol–water partition coefficient (Wildman–Crippen LogP) is 2.55. The highest BCUT2D eigenvalue weighted by Gasteiger charge is 2.40. The van der Waals surface area contributed by atoms with Crippen LogP contribution in [-0.4, -0.2) is 27.4 Å². The molecule has 1 heterocycles. The number of hydrogen-bond acceptors (Lipinski definition) is 3. The molecule has 2 aliphatic carbocycles. The van der Waals surface area contributed by atoms with Crippen LogP contribution < -0.4 is 0 Å². The maximum absolute atomic E-state index is 11.0. The Morgan fingerprint density at radius 1 is 1.31 bits per heavy atom. The first-order chi connectivity index (χ1) is 7.74. The fraction of sp³-hybridized carbons (Fsp3) is 0.833. The van der Waals surface area contributed by atoms with E-state index >= 15 is 0 Å². The van der Waals surface area contributed by atoms with Gasteiger partial charge in [-0.1, -0.05) is 6.42 Å². The lowest BCUT2D eigenvalue weighted by Crippen LogP contribution is -2.31. The molecule has 0 radical (unpaired) electrons. The molecule has 2 fully saturated rings. The maximum atomic E-state index is 11.0. The van der Waals surface area contributed by atoms with Crippen molar-refractivity contribution in [2.75, 3.05) is 0 Å². The molecule has 1 N–H and O–H groups in total. The first-order valence-corrected chi connectivity index (χ1v) is 7.09. The van der Waals surface area contributed by atoms with E-state index in [0.717, 1.165) is 25.2 Å². The van der Waals surface area contributed by atoms with Gasteiger partial charge < -0.3 is 5.11 Å². The van der Waals surface area contributed by atoms with E-state index in [1.54, 1.807) is 0 Å². The Hall–Kier alpha value is -0.510. The lowest BCUT2D eigenvalue weighted by Gasteiger charge is -2.27. The predicted molar refractivity (Wildman–Crippen MR) is 64.9 cm³/mol. The average Bonchev–Trinajstić information content (AvgIpc) is 2.56. The van der Waals surface area contributed by atoms with Crippen molar-refractivity contribution in [2.45, 2.75) is 49.8 Å². The van der Waals surface area contributed by atoms with Crippen LogP contribution in [0.2, 0.25) is 0 Å². The molecule has 3 atom stereocenters. The zero-order valence-corrected chi connectivity index (χ0v) is 10.1. The number of aliphatic imine (C=N–C) groups is 1. The van der Waals surface area contributed by atoms with Crippen LogP contribution in [-0.2, 0) is 4.79 Å². The second-order valence-corrected chi connectivity index (χ2v) is 6.43. The average molecular weight is 239 g/mol. The van der Waals surface area contributed by atoms with Gasteiger partial charge in [0.05, 0.1) is 17.0 Å². The number of carboxylic acids is 1. The number of carbonyl (C=O) groups is 1. The third-order valence-corrected chi connectivity index (χ3v) is 5.62. The van der Waals surface area contributed by atoms with E-state index in [2.05, 4.69) is 0 Å². The van der Waals surface area contributed by atoms with Gasteiger partial charge in [0.1, 0.15) is 0 Å². The third-order valence-electron chi connectivity index (χ3n) is 4.13. The molecule has 3 nitrogen and oxygen atoms in total. The smallest absolute Gasteiger partial charge is 0.306 e. The number of thioether (sulfide) groups is 1. The van der Waals surface area contributed by atoms with Gasteiger partial charge in [-0.05, 0) is 32.1 Å². The summed E-state index contributed by atoms with van der Waals surface area (Å²) in [6.45, 7) is 0. The number of fused-ring (bicyclic) bond motifs is 1. The summed E-state index contributed by atoms with van der Waals surface area (Å²) in [7, 11) is 0. The first-order valence-electron chi connectivity index (χ1n) is 6.21. The van der Waals surface area contributed by atoms with E-state index in [1.807, 2.05) is 11.8 Å². The molecule has 2 saturated carbocycles. The van der Waals surface area contributed by atoms with Crippen molar-refractivity contribution < 1.29 is 9.90 Å². The molecular formula is C12H17NO2S. The Balaban J connectivity index is 1.65. The summed E-state index contributed by atoms with van der Waals surface area (Å²) >= 11 is 1.89. The summed E-state index contributed by atoms with van der Waals surface area (Å²) in [5.41, 5.74) is 0. The highest BCUT2D eigenvalue weighted by molar-refractivity contribution is 8.14. The third kappa shape index (κ3) is 1.77. The van der Waals surface area contributed by atoms with Gasteiger partial charge in [-0.25, -0.2) is 0 Å². The molecule has 3 unspecified atom stereocenters. The van der Waals surface area contributed by atoms with E-state index in [1.165, 1.54) is 24.3 Å². The minimum Gasteiger partial charge on any atom is -0.481 e. The van der Waals surface area contributed by atoms with Crippen LogP contribution in [0.1, 0.15) is 38.5 Å². The van der Waals surface area contributed by atoms with Crippen LogP contribution in [0.15, 0.2) is 4.99 Å². The quantitative estimate of drug-likeness (QED) is 0.805. The van der Waals surface area contributed by atoms with Gasteiger partial charge in [-0.2, -0.15) is 0 Å². The SMILES string of the molecule is O=C(O)C1CCC2N=C(C3CCC3)SC2C1. The van der Waals surface area contributed by atoms with Gasteiger partial charge in [0.25, 0.3) is 0 Å². The Kier molecular flexibility index (Phi) is 2.70. The Morgan fingerprint density at radius 2 is 2.12 bits per heavy atom. The monoisotopic (exact) mass is 239 g/mol. The number of rotatable bonds is 2. The number of aliphatic carboxylic acids is 1. The van der Waals surface area contributed by atoms with Gasteiger partial charge in [0.15, 0.2) is 0 Å². The van der Waals surface area contributed by atoms with Crippen molar-refractivity contribution >= 4 is 22.8 Å². The lowest BCUT2D eigenvalue weighted by atomic mass is 9.85. The van der Waals surface area contributed by atoms with Crippen molar-refractivity contribution in [1.29, 1.82) is 0 Å². The second kappa shape index (κ2) is 4.06. The van der Waals surface area contributed by atoms with Crippen molar-refractivity contribution in [3.63, 3.8) is 0 Å². The normalized spacial score (nSPS) is 38.8. The summed E-state index contributed by atoms with van der Waals surface area (Å²) in [5, 5.41) is 10.8. The second-order valence-electron chi connectivity index (χ2n) is 5.17. The Bertz CT molecular complexity index is 338. The molecule has 0 amide bonds. The molecule has 3 rings (SSSR count). The maximum Gasteiger partial charge on any atom is 0.306 e. The van der Waals surface area contributed by atoms with Gasteiger partial charge in [-0.3, -0.25) is 9.79 Å². The largest absolute Gasteiger partial charge is 0.481 e. The van der Waals surface area contributed by atoms with E-state index in [-0.39, 0.29) is 5.92 Å². The minimum absolute atomic E-state index is 0.121. The van der Waals surface area contributed by atoms with Crippen molar-refractivity contribution in [3.05, 3.63) is 0 Å². The fourth-order valence-electron chi connectivity index (χ4n) is 2.82. The van der Waals surface area contributed by atoms with Gasteiger partial charge >= 0.3 is 5.97 Å². The summed E-state index contributed by atoms with van der Waals surface area (Å²) in [5.74, 6) is -0.0142. The summed E-state index contributed by atoms with van der Waals surface area (Å²) in [6.07, 6.45) is 6.56. The van der Waals surface area contributed by atoms with Gasteiger partial charge in [0, 0.05) is 11.2 Å². The van der Waals surface area contributed by atoms with Crippen molar-refractivity contribution in [1.82, 2.24) is 0 Å². The van der Waals surface area contributed by atoms with Crippen LogP contribution in [0, 0.1) is 11.8 Å². The lowest BCUT2D eigenvalue weighted by molar-refractivity contribution is -0.142. The first kappa shape index (κ1) is 10.6. The highest BCUT2D eigenvalue weighted by Crippen LogP contribution is 2.44. The molecule has 0 aromatic carbocycles. The zero-order valence-electron chi connectivity index (χ0n) is 9.26. The molecule has 4 heteroatoms. The summed E-state index contributed by atoms with van der Waals surface area (Å²) in [6, 6.07) is 0.427. The molecule has 16 heavy (non-hydrogen) atoms. The van der Waals surface area contributed by atoms with Crippen LogP contribution in [0.4, 0.5) is 0 Å². The molecule has 1 aliphatic heterocycles. The molecular weight excluding hydrogens is 222 g/mol. The van der Waals surface area contributed by atoms with E-state index in [9.17, 15) is 4.79 Å². The summed E-state index contributed by atoms with van der Waals surface area (Å²) < 4.78 is 0. The molecule has 0 bridgehead atoms. The van der Waals surface area contributed by atoms with E-state index in [4.69, 9.17) is 10.1 Å². The van der Waals surface area contributed by atoms with Crippen molar-refractivity contribution in [2.24, 2.45) is 16.8 Å². The Morgan fingerprint density at radius 3 is 2.75 bits per heavy atom. The van der Waals surface area contributed by atoms with E-state index < -0.39 is 5.97 Å². The summed E-state index contributed by atoms with van der Waals surface area (Å²) in [4.78, 5) is 15.8. The van der Waals surface area contributed by atoms with Crippen LogP contribution >= 0.6 is 11.8 Å². The molecule has 0 aromatic heterocycles. The molecule has 0 spiro atoms. The zero-order chi connectivity index (χ0) is 11.1. The van der Waals surface area contributed by atoms with E-state index in [0.29, 0.717) is 11.3 Å². The van der Waals surface area contributed by atoms with Crippen LogP contribution in [0.5, 0.6) is 0 Å². The minimum atomic E-state index is -0.615. The van der Waals surface area contributed by atoms with Crippen molar-refractivity contribution in [3.8, 4) is 0 Å². The van der Waals surface area contributed by atoms with Gasteiger partial charge in [-0.15, -0.1) is 11.8 Å². The van der Waals surface area contributed by atoms with Crippen LogP contribution in [0.25, 0.3) is 0 Å². The number of hydrogen-bond donors (Lipinski definition) is 1. The highest BCUT2D eigenvalue weighted by atomic mass is 32.2. The Labute approximate surface area is 99.7 Å².